The van der Waals surface area contributed by atoms with Crippen molar-refractivity contribution in [3.8, 4) is 6.07 Å². The van der Waals surface area contributed by atoms with Crippen LogP contribution in [0, 0.1) is 11.3 Å². The van der Waals surface area contributed by atoms with Gasteiger partial charge < -0.3 is 14.7 Å². The van der Waals surface area contributed by atoms with Gasteiger partial charge >= 0.3 is 0 Å². The molecule has 1 saturated heterocycles. The normalized spacial score (nSPS) is 18.1. The molecule has 2 rings (SSSR count). The van der Waals surface area contributed by atoms with Gasteiger partial charge in [0.05, 0.1) is 30.6 Å². The second-order valence-electron chi connectivity index (χ2n) is 3.52. The molecule has 0 radical (unpaired) electrons. The number of nitrogens with zero attached hydrogens (tertiary/aromatic N) is 3. The quantitative estimate of drug-likeness (QED) is 0.849. The Morgan fingerprint density at radius 3 is 3.06 bits per heavy atom. The van der Waals surface area contributed by atoms with Crippen LogP contribution in [0.3, 0.4) is 0 Å². The van der Waals surface area contributed by atoms with Crippen molar-refractivity contribution < 1.29 is 9.84 Å². The summed E-state index contributed by atoms with van der Waals surface area (Å²) in [6, 6.07) is 1.95. The van der Waals surface area contributed by atoms with Gasteiger partial charge in [-0.15, -0.1) is 0 Å². The second-order valence-corrected chi connectivity index (χ2v) is 4.56. The van der Waals surface area contributed by atoms with Gasteiger partial charge in [-0.2, -0.15) is 5.26 Å². The van der Waals surface area contributed by atoms with Crippen LogP contribution in [0.5, 0.6) is 0 Å². The first-order valence-corrected chi connectivity index (χ1v) is 5.96. The summed E-state index contributed by atoms with van der Waals surface area (Å²) in [6.45, 7) is 3.11. The predicted octanol–water partition coefficient (Wildman–Crippen LogP) is 0.927. The number of ether oxygens (including phenoxy) is 1. The molecule has 6 heteroatoms. The van der Waals surface area contributed by atoms with E-state index in [0.717, 1.165) is 36.3 Å². The minimum atomic E-state index is -0.711. The van der Waals surface area contributed by atoms with Crippen molar-refractivity contribution in [3.63, 3.8) is 0 Å². The van der Waals surface area contributed by atoms with Crippen molar-refractivity contribution >= 4 is 16.5 Å². The number of aliphatic hydroxyl groups is 1. The fourth-order valence-electron chi connectivity index (χ4n) is 1.52. The molecule has 2 heterocycles. The lowest BCUT2D eigenvalue weighted by molar-refractivity contribution is 0.122. The van der Waals surface area contributed by atoms with Gasteiger partial charge in [-0.3, -0.25) is 0 Å². The maximum Gasteiger partial charge on any atom is 0.185 e. The van der Waals surface area contributed by atoms with Crippen LogP contribution in [-0.4, -0.2) is 36.4 Å². The minimum Gasteiger partial charge on any atom is -0.386 e. The van der Waals surface area contributed by atoms with E-state index in [1.807, 2.05) is 6.07 Å². The molecule has 0 amide bonds. The van der Waals surface area contributed by atoms with Gasteiger partial charge in [0, 0.05) is 19.3 Å². The molecule has 1 atom stereocenters. The fourth-order valence-corrected chi connectivity index (χ4v) is 2.47. The number of rotatable bonds is 3. The number of thiazole rings is 1. The van der Waals surface area contributed by atoms with Crippen LogP contribution < -0.4 is 4.90 Å². The molecule has 0 bridgehead atoms. The van der Waals surface area contributed by atoms with Gasteiger partial charge in [0.1, 0.15) is 6.10 Å². The van der Waals surface area contributed by atoms with Crippen LogP contribution in [0.4, 0.5) is 5.13 Å². The number of nitriles is 1. The van der Waals surface area contributed by atoms with E-state index >= 15 is 0 Å². The van der Waals surface area contributed by atoms with Gasteiger partial charge in [-0.1, -0.05) is 11.3 Å². The van der Waals surface area contributed by atoms with Gasteiger partial charge in [0.15, 0.2) is 5.13 Å². The van der Waals surface area contributed by atoms with Gasteiger partial charge in [0.25, 0.3) is 0 Å². The SMILES string of the molecule is N#CCC(O)c1cnc(N2CCOCC2)s1. The summed E-state index contributed by atoms with van der Waals surface area (Å²) >= 11 is 1.45. The van der Waals surface area contributed by atoms with E-state index in [0.29, 0.717) is 0 Å². The molecule has 16 heavy (non-hydrogen) atoms. The molecule has 0 spiro atoms. The Labute approximate surface area is 97.9 Å². The Morgan fingerprint density at radius 1 is 1.62 bits per heavy atom. The maximum absolute atomic E-state index is 9.64. The molecular weight excluding hydrogens is 226 g/mol. The third-order valence-corrected chi connectivity index (χ3v) is 3.57. The fraction of sp³-hybridized carbons (Fsp3) is 0.600. The highest BCUT2D eigenvalue weighted by Gasteiger charge is 2.17. The molecule has 5 nitrogen and oxygen atoms in total. The van der Waals surface area contributed by atoms with Crippen LogP contribution >= 0.6 is 11.3 Å². The predicted molar refractivity (Wildman–Crippen MR) is 60.3 cm³/mol. The molecular formula is C10H13N3O2S. The Bertz CT molecular complexity index is 382. The highest BCUT2D eigenvalue weighted by molar-refractivity contribution is 7.15. The Kier molecular flexibility index (Phi) is 3.72. The summed E-state index contributed by atoms with van der Waals surface area (Å²) in [6.07, 6.45) is 1.06. The maximum atomic E-state index is 9.64. The van der Waals surface area contributed by atoms with Crippen molar-refractivity contribution in [1.29, 1.82) is 5.26 Å². The first kappa shape index (κ1) is 11.3. The van der Waals surface area contributed by atoms with E-state index < -0.39 is 6.10 Å². The van der Waals surface area contributed by atoms with E-state index in [2.05, 4.69) is 9.88 Å². The first-order valence-electron chi connectivity index (χ1n) is 5.14. The molecule has 1 aliphatic rings. The minimum absolute atomic E-state index is 0.116. The van der Waals surface area contributed by atoms with Crippen LogP contribution in [0.1, 0.15) is 17.4 Å². The third kappa shape index (κ3) is 2.50. The molecule has 0 aromatic carbocycles. The Hall–Kier alpha value is -1.16. The summed E-state index contributed by atoms with van der Waals surface area (Å²) in [4.78, 5) is 7.15. The van der Waals surface area contributed by atoms with Crippen molar-refractivity contribution in [3.05, 3.63) is 11.1 Å². The molecule has 1 aromatic heterocycles. The molecule has 1 aromatic rings. The molecule has 1 N–H and O–H groups in total. The largest absolute Gasteiger partial charge is 0.386 e. The van der Waals surface area contributed by atoms with Gasteiger partial charge in [-0.05, 0) is 0 Å². The molecule has 1 fully saturated rings. The van der Waals surface area contributed by atoms with Crippen molar-refractivity contribution in [2.45, 2.75) is 12.5 Å². The van der Waals surface area contributed by atoms with Crippen LogP contribution in [0.15, 0.2) is 6.20 Å². The topological polar surface area (TPSA) is 69.4 Å². The van der Waals surface area contributed by atoms with Crippen LogP contribution in [0.25, 0.3) is 0 Å². The molecule has 0 saturated carbocycles. The summed E-state index contributed by atoms with van der Waals surface area (Å²) in [5, 5.41) is 19.0. The lowest BCUT2D eigenvalue weighted by Crippen LogP contribution is -2.36. The first-order chi connectivity index (χ1) is 7.81. The number of aliphatic hydroxyl groups excluding tert-OH is 1. The van der Waals surface area contributed by atoms with Crippen LogP contribution in [-0.2, 0) is 4.74 Å². The number of aromatic nitrogens is 1. The molecule has 86 valence electrons. The highest BCUT2D eigenvalue weighted by atomic mass is 32.1. The van der Waals surface area contributed by atoms with E-state index in [1.165, 1.54) is 11.3 Å². The van der Waals surface area contributed by atoms with E-state index in [9.17, 15) is 5.11 Å². The molecule has 0 aliphatic carbocycles. The summed E-state index contributed by atoms with van der Waals surface area (Å²) in [5.41, 5.74) is 0. The van der Waals surface area contributed by atoms with Crippen molar-refractivity contribution in [2.75, 3.05) is 31.2 Å². The van der Waals surface area contributed by atoms with Crippen molar-refractivity contribution in [1.82, 2.24) is 4.98 Å². The second kappa shape index (κ2) is 5.25. The number of hydrogen-bond acceptors (Lipinski definition) is 6. The third-order valence-electron chi connectivity index (χ3n) is 2.41. The number of morpholine rings is 1. The number of anilines is 1. The van der Waals surface area contributed by atoms with E-state index in [1.54, 1.807) is 6.20 Å². The van der Waals surface area contributed by atoms with Gasteiger partial charge in [0.2, 0.25) is 0 Å². The lowest BCUT2D eigenvalue weighted by atomic mass is 10.2. The zero-order chi connectivity index (χ0) is 11.4. The van der Waals surface area contributed by atoms with Gasteiger partial charge in [-0.25, -0.2) is 4.98 Å². The smallest absolute Gasteiger partial charge is 0.185 e. The zero-order valence-electron chi connectivity index (χ0n) is 8.80. The Balaban J connectivity index is 2.04. The number of hydrogen-bond donors (Lipinski definition) is 1. The lowest BCUT2D eigenvalue weighted by Gasteiger charge is -2.26. The monoisotopic (exact) mass is 239 g/mol. The standard InChI is InChI=1S/C10H13N3O2S/c11-2-1-8(14)9-7-12-10(16-9)13-3-5-15-6-4-13/h7-8,14H,1,3-6H2. The molecule has 1 unspecified atom stereocenters. The van der Waals surface area contributed by atoms with E-state index in [4.69, 9.17) is 10.00 Å². The van der Waals surface area contributed by atoms with Crippen LogP contribution in [0.2, 0.25) is 0 Å². The average Bonchev–Trinajstić information content (AvgIpc) is 2.80. The summed E-state index contributed by atoms with van der Waals surface area (Å²) < 4.78 is 5.26. The highest BCUT2D eigenvalue weighted by Crippen LogP contribution is 2.28. The zero-order valence-corrected chi connectivity index (χ0v) is 9.61. The summed E-state index contributed by atoms with van der Waals surface area (Å²) in [7, 11) is 0. The summed E-state index contributed by atoms with van der Waals surface area (Å²) in [5.74, 6) is 0. The Morgan fingerprint density at radius 2 is 2.38 bits per heavy atom. The average molecular weight is 239 g/mol. The van der Waals surface area contributed by atoms with E-state index in [-0.39, 0.29) is 6.42 Å². The van der Waals surface area contributed by atoms with Crippen molar-refractivity contribution in [2.24, 2.45) is 0 Å². The molecule has 1 aliphatic heterocycles.